The first-order valence-corrected chi connectivity index (χ1v) is 6.65. The summed E-state index contributed by atoms with van der Waals surface area (Å²) in [6.07, 6.45) is 0. The van der Waals surface area contributed by atoms with Crippen LogP contribution in [-0.4, -0.2) is 48.7 Å². The van der Waals surface area contributed by atoms with Crippen molar-refractivity contribution >= 4 is 0 Å². The van der Waals surface area contributed by atoms with Gasteiger partial charge in [-0.3, -0.25) is 4.90 Å². The van der Waals surface area contributed by atoms with E-state index in [9.17, 15) is 13.2 Å². The van der Waals surface area contributed by atoms with E-state index < -0.39 is 24.4 Å². The largest absolute Gasteiger partial charge is 0.390 e. The number of nitrogens with one attached hydrogen (secondary N) is 1. The molecular weight excluding hydrogens is 269 g/mol. The molecule has 0 radical (unpaired) electrons. The molecular formula is C14H19F3N2O. The molecule has 2 rings (SSSR count). The van der Waals surface area contributed by atoms with E-state index in [-0.39, 0.29) is 5.56 Å². The van der Waals surface area contributed by atoms with Gasteiger partial charge in [0.15, 0.2) is 0 Å². The van der Waals surface area contributed by atoms with Gasteiger partial charge >= 0.3 is 0 Å². The molecule has 3 nitrogen and oxygen atoms in total. The van der Waals surface area contributed by atoms with Crippen LogP contribution in [0.3, 0.4) is 0 Å². The fraction of sp³-hybridized carbons (Fsp3) is 0.571. The molecule has 112 valence electrons. The van der Waals surface area contributed by atoms with Gasteiger partial charge in [0, 0.05) is 31.7 Å². The molecule has 0 aromatic heterocycles. The van der Waals surface area contributed by atoms with Gasteiger partial charge < -0.3 is 10.4 Å². The topological polar surface area (TPSA) is 35.5 Å². The minimum atomic E-state index is -3.38. The number of benzene rings is 1. The maximum absolute atomic E-state index is 14.1. The Hall–Kier alpha value is -1.11. The summed E-state index contributed by atoms with van der Waals surface area (Å²) in [4.78, 5) is 1.53. The lowest BCUT2D eigenvalue weighted by Gasteiger charge is -2.38. The Labute approximate surface area is 116 Å². The molecule has 1 fully saturated rings. The number of halogens is 3. The molecule has 20 heavy (non-hydrogen) atoms. The second kappa shape index (κ2) is 6.11. The van der Waals surface area contributed by atoms with Crippen LogP contribution >= 0.6 is 0 Å². The van der Waals surface area contributed by atoms with Gasteiger partial charge in [0.2, 0.25) is 0 Å². The maximum Gasteiger partial charge on any atom is 0.290 e. The van der Waals surface area contributed by atoms with Crippen molar-refractivity contribution < 1.29 is 18.3 Å². The van der Waals surface area contributed by atoms with Gasteiger partial charge in [0.05, 0.1) is 0 Å². The smallest absolute Gasteiger partial charge is 0.290 e. The van der Waals surface area contributed by atoms with E-state index in [2.05, 4.69) is 5.32 Å². The molecule has 1 aliphatic heterocycles. The average Bonchev–Trinajstić information content (AvgIpc) is 2.43. The van der Waals surface area contributed by atoms with Crippen LogP contribution in [0.5, 0.6) is 0 Å². The number of hydrogen-bond acceptors (Lipinski definition) is 3. The monoisotopic (exact) mass is 288 g/mol. The van der Waals surface area contributed by atoms with Crippen LogP contribution in [0.15, 0.2) is 18.2 Å². The zero-order chi connectivity index (χ0) is 14.8. The van der Waals surface area contributed by atoms with Crippen molar-refractivity contribution in [2.45, 2.75) is 18.9 Å². The highest BCUT2D eigenvalue weighted by atomic mass is 19.3. The van der Waals surface area contributed by atoms with Crippen LogP contribution in [-0.2, 0) is 0 Å². The minimum absolute atomic E-state index is 0.0587. The summed E-state index contributed by atoms with van der Waals surface area (Å²) in [5, 5.41) is 12.1. The Kier molecular flexibility index (Phi) is 4.67. The highest BCUT2D eigenvalue weighted by molar-refractivity contribution is 5.28. The lowest BCUT2D eigenvalue weighted by molar-refractivity contribution is -0.119. The van der Waals surface area contributed by atoms with E-state index in [0.29, 0.717) is 31.7 Å². The van der Waals surface area contributed by atoms with Crippen LogP contribution in [0.4, 0.5) is 13.2 Å². The highest BCUT2D eigenvalue weighted by Crippen LogP contribution is 2.37. The van der Waals surface area contributed by atoms with Gasteiger partial charge in [0.1, 0.15) is 18.5 Å². The number of hydrogen-bond donors (Lipinski definition) is 2. The summed E-state index contributed by atoms with van der Waals surface area (Å²) >= 11 is 0. The van der Waals surface area contributed by atoms with Crippen LogP contribution in [0.1, 0.15) is 17.2 Å². The summed E-state index contributed by atoms with van der Waals surface area (Å²) in [6.45, 7) is 2.35. The molecule has 6 heteroatoms. The van der Waals surface area contributed by atoms with Gasteiger partial charge in [0.25, 0.3) is 5.92 Å². The van der Waals surface area contributed by atoms with Crippen molar-refractivity contribution in [1.29, 1.82) is 0 Å². The SMILES string of the molecule is Cc1ccc([C@@H](N2CCNCC2)C(F)(F)CO)c(F)c1. The van der Waals surface area contributed by atoms with Gasteiger partial charge in [-0.05, 0) is 18.6 Å². The van der Waals surface area contributed by atoms with E-state index >= 15 is 0 Å². The molecule has 0 aliphatic carbocycles. The number of rotatable bonds is 4. The Morgan fingerprint density at radius 1 is 1.35 bits per heavy atom. The maximum atomic E-state index is 14.1. The van der Waals surface area contributed by atoms with Crippen LogP contribution in [0.2, 0.25) is 0 Å². The van der Waals surface area contributed by atoms with Crippen molar-refractivity contribution in [2.24, 2.45) is 0 Å². The summed E-state index contributed by atoms with van der Waals surface area (Å²) in [7, 11) is 0. The molecule has 1 aromatic rings. The lowest BCUT2D eigenvalue weighted by atomic mass is 9.96. The normalized spacial score (nSPS) is 19.1. The Morgan fingerprint density at radius 3 is 2.55 bits per heavy atom. The van der Waals surface area contributed by atoms with Crippen LogP contribution in [0, 0.1) is 12.7 Å². The molecule has 0 unspecified atom stereocenters. The fourth-order valence-electron chi connectivity index (χ4n) is 2.57. The van der Waals surface area contributed by atoms with Gasteiger partial charge in [-0.1, -0.05) is 12.1 Å². The number of alkyl halides is 2. The van der Waals surface area contributed by atoms with E-state index in [1.165, 1.54) is 17.0 Å². The molecule has 1 saturated heterocycles. The van der Waals surface area contributed by atoms with E-state index in [1.807, 2.05) is 0 Å². The number of nitrogens with zero attached hydrogens (tertiary/aromatic N) is 1. The zero-order valence-electron chi connectivity index (χ0n) is 11.4. The second-order valence-electron chi connectivity index (χ2n) is 5.13. The number of aryl methyl sites for hydroxylation is 1. The third kappa shape index (κ3) is 3.13. The quantitative estimate of drug-likeness (QED) is 0.885. The summed E-state index contributed by atoms with van der Waals surface area (Å²) < 4.78 is 42.2. The minimum Gasteiger partial charge on any atom is -0.390 e. The lowest BCUT2D eigenvalue weighted by Crippen LogP contribution is -2.51. The summed E-state index contributed by atoms with van der Waals surface area (Å²) in [6, 6.07) is 2.81. The number of aliphatic hydroxyl groups is 1. The zero-order valence-corrected chi connectivity index (χ0v) is 11.4. The van der Waals surface area contributed by atoms with Gasteiger partial charge in [-0.15, -0.1) is 0 Å². The second-order valence-corrected chi connectivity index (χ2v) is 5.13. The molecule has 0 bridgehead atoms. The first-order valence-electron chi connectivity index (χ1n) is 6.65. The third-order valence-corrected chi connectivity index (χ3v) is 3.58. The molecule has 1 heterocycles. The fourth-order valence-corrected chi connectivity index (χ4v) is 2.57. The Bertz CT molecular complexity index is 462. The van der Waals surface area contributed by atoms with E-state index in [4.69, 9.17) is 5.11 Å². The third-order valence-electron chi connectivity index (χ3n) is 3.58. The Balaban J connectivity index is 2.39. The summed E-state index contributed by atoms with van der Waals surface area (Å²) in [5.41, 5.74) is 0.620. The number of aliphatic hydroxyl groups excluding tert-OH is 1. The number of piperazine rings is 1. The Morgan fingerprint density at radius 2 is 2.00 bits per heavy atom. The molecule has 1 aromatic carbocycles. The first-order chi connectivity index (χ1) is 9.45. The van der Waals surface area contributed by atoms with Gasteiger partial charge in [-0.2, -0.15) is 0 Å². The predicted molar refractivity (Wildman–Crippen MR) is 70.4 cm³/mol. The molecule has 0 saturated carbocycles. The van der Waals surface area contributed by atoms with Crippen LogP contribution in [0.25, 0.3) is 0 Å². The first kappa shape index (κ1) is 15.3. The highest BCUT2D eigenvalue weighted by Gasteiger charge is 2.45. The summed E-state index contributed by atoms with van der Waals surface area (Å²) in [5.74, 6) is -4.03. The van der Waals surface area contributed by atoms with Crippen molar-refractivity contribution in [3.05, 3.63) is 35.1 Å². The van der Waals surface area contributed by atoms with Crippen molar-refractivity contribution in [1.82, 2.24) is 10.2 Å². The van der Waals surface area contributed by atoms with E-state index in [0.717, 1.165) is 0 Å². The molecule has 2 N–H and O–H groups in total. The standard InChI is InChI=1S/C14H19F3N2O/c1-10-2-3-11(12(15)8-10)13(14(16,17)9-20)19-6-4-18-5-7-19/h2-3,8,13,18,20H,4-7,9H2,1H3/t13-/m1/s1. The predicted octanol–water partition coefficient (Wildman–Crippen LogP) is 1.71. The van der Waals surface area contributed by atoms with E-state index in [1.54, 1.807) is 13.0 Å². The van der Waals surface area contributed by atoms with Crippen molar-refractivity contribution in [3.63, 3.8) is 0 Å². The van der Waals surface area contributed by atoms with Gasteiger partial charge in [-0.25, -0.2) is 13.2 Å². The molecule has 0 spiro atoms. The molecule has 1 aliphatic rings. The molecule has 1 atom stereocenters. The average molecular weight is 288 g/mol. The molecule has 0 amide bonds. The van der Waals surface area contributed by atoms with Crippen molar-refractivity contribution in [2.75, 3.05) is 32.8 Å². The van der Waals surface area contributed by atoms with Crippen molar-refractivity contribution in [3.8, 4) is 0 Å². The van der Waals surface area contributed by atoms with Crippen LogP contribution < -0.4 is 5.32 Å².